The number of hydrogen-bond acceptors (Lipinski definition) is 9. The highest BCUT2D eigenvalue weighted by molar-refractivity contribution is 5.79. The van der Waals surface area contributed by atoms with Gasteiger partial charge in [0.15, 0.2) is 0 Å². The number of nitrogens with zero attached hydrogens (tertiary/aromatic N) is 9. The van der Waals surface area contributed by atoms with Crippen LogP contribution in [0.3, 0.4) is 0 Å². The Hall–Kier alpha value is -8.04. The van der Waals surface area contributed by atoms with E-state index < -0.39 is 0 Å². The first-order valence-corrected chi connectivity index (χ1v) is 20.7. The Kier molecular flexibility index (Phi) is 14.3. The molecule has 0 saturated carbocycles. The first-order chi connectivity index (χ1) is 30.6. The third-order valence-corrected chi connectivity index (χ3v) is 10.0. The van der Waals surface area contributed by atoms with Gasteiger partial charge < -0.3 is 14.7 Å². The lowest BCUT2D eigenvalue weighted by Gasteiger charge is -2.11. The van der Waals surface area contributed by atoms with Crippen LogP contribution in [0.2, 0.25) is 0 Å². The predicted octanol–water partition coefficient (Wildman–Crippen LogP) is 15.6. The maximum absolute atomic E-state index is 4.44. The molecule has 0 amide bonds. The molecule has 0 radical (unpaired) electrons. The summed E-state index contributed by atoms with van der Waals surface area (Å²) in [5.41, 5.74) is 14.6. The molecule has 0 aliphatic rings. The minimum Gasteiger partial charge on any atom is -0.378 e. The van der Waals surface area contributed by atoms with E-state index >= 15 is 0 Å². The highest BCUT2D eigenvalue weighted by Gasteiger charge is 2.01. The quantitative estimate of drug-likeness (QED) is 0.0762. The van der Waals surface area contributed by atoms with E-state index in [0.717, 1.165) is 84.6 Å². The zero-order valence-electron chi connectivity index (χ0n) is 36.6. The minimum atomic E-state index is 0.792. The monoisotopic (exact) mass is 825 g/mol. The van der Waals surface area contributed by atoms with E-state index in [1.54, 1.807) is 0 Å². The summed E-state index contributed by atoms with van der Waals surface area (Å²) in [7, 11) is 12.1. The largest absolute Gasteiger partial charge is 0.378 e. The smallest absolute Gasteiger partial charge is 0.0858 e. The van der Waals surface area contributed by atoms with Crippen molar-refractivity contribution < 1.29 is 0 Å². The molecule has 0 aliphatic heterocycles. The van der Waals surface area contributed by atoms with Gasteiger partial charge in [0, 0.05) is 59.3 Å². The molecule has 0 spiro atoms. The summed E-state index contributed by atoms with van der Waals surface area (Å²) >= 11 is 0. The summed E-state index contributed by atoms with van der Waals surface area (Å²) in [6, 6.07) is 54.8. The fraction of sp³-hybridized carbons (Fsp3) is 0.111. The number of azo groups is 3. The number of anilines is 3. The molecule has 7 rings (SSSR count). The van der Waals surface area contributed by atoms with Crippen molar-refractivity contribution in [3.8, 4) is 0 Å². The molecular formula is C54H51N9. The van der Waals surface area contributed by atoms with Crippen molar-refractivity contribution in [3.63, 3.8) is 0 Å². The first kappa shape index (κ1) is 43.1. The molecule has 7 aromatic rings. The van der Waals surface area contributed by atoms with Crippen molar-refractivity contribution in [2.24, 2.45) is 30.7 Å². The van der Waals surface area contributed by atoms with E-state index in [9.17, 15) is 0 Å². The molecule has 0 heterocycles. The summed E-state index contributed by atoms with van der Waals surface area (Å²) in [6.07, 6.45) is 12.8. The van der Waals surface area contributed by atoms with Crippen LogP contribution < -0.4 is 14.7 Å². The molecule has 0 unspecified atom stereocenters. The second-order valence-corrected chi connectivity index (χ2v) is 15.5. The van der Waals surface area contributed by atoms with Crippen LogP contribution in [0.5, 0.6) is 0 Å². The zero-order chi connectivity index (χ0) is 44.0. The molecule has 63 heavy (non-hydrogen) atoms. The average molecular weight is 826 g/mol. The van der Waals surface area contributed by atoms with Crippen LogP contribution in [-0.4, -0.2) is 42.3 Å². The Labute approximate surface area is 371 Å². The maximum Gasteiger partial charge on any atom is 0.0858 e. The van der Waals surface area contributed by atoms with Crippen molar-refractivity contribution in [1.29, 1.82) is 0 Å². The van der Waals surface area contributed by atoms with Gasteiger partial charge in [0.25, 0.3) is 0 Å². The fourth-order valence-electron chi connectivity index (χ4n) is 6.32. The predicted molar refractivity (Wildman–Crippen MR) is 267 cm³/mol. The zero-order valence-corrected chi connectivity index (χ0v) is 36.6. The molecule has 0 aromatic heterocycles. The van der Waals surface area contributed by atoms with Gasteiger partial charge in [-0.15, -0.1) is 0 Å². The van der Waals surface area contributed by atoms with E-state index in [4.69, 9.17) is 0 Å². The van der Waals surface area contributed by atoms with Gasteiger partial charge >= 0.3 is 0 Å². The van der Waals surface area contributed by atoms with Crippen molar-refractivity contribution in [1.82, 2.24) is 0 Å². The van der Waals surface area contributed by atoms with Gasteiger partial charge in [-0.3, -0.25) is 0 Å². The van der Waals surface area contributed by atoms with Gasteiger partial charge in [0.05, 0.1) is 34.1 Å². The van der Waals surface area contributed by atoms with E-state index in [1.807, 2.05) is 151 Å². The first-order valence-electron chi connectivity index (χ1n) is 20.7. The van der Waals surface area contributed by atoms with E-state index in [0.29, 0.717) is 0 Å². The standard InChI is InChI=1S/C54H51N9/c1-61(2)52-31-25-49(26-32-52)58-55-46-19-13-40(14-20-46)7-10-43-37-44(11-8-41-15-21-47(22-16-41)56-59-50-27-33-53(34-28-50)62(3)4)39-45(38-43)12-9-42-17-23-48(24-18-42)57-60-51-29-35-54(36-30-51)63(5)6/h7-39H,1-6H3/b10-7+,11-8+,12-9+,58-55?,59-56?,60-57?. The van der Waals surface area contributed by atoms with Gasteiger partial charge in [-0.05, 0) is 161 Å². The van der Waals surface area contributed by atoms with E-state index in [2.05, 4.69) is 136 Å². The van der Waals surface area contributed by atoms with Crippen molar-refractivity contribution in [3.05, 3.63) is 197 Å². The van der Waals surface area contributed by atoms with Gasteiger partial charge in [-0.25, -0.2) is 0 Å². The molecule has 0 bridgehead atoms. The molecule has 312 valence electrons. The van der Waals surface area contributed by atoms with Crippen LogP contribution in [0.4, 0.5) is 51.2 Å². The molecule has 0 fully saturated rings. The molecule has 9 heteroatoms. The second-order valence-electron chi connectivity index (χ2n) is 15.5. The third kappa shape index (κ3) is 13.0. The summed E-state index contributed by atoms with van der Waals surface area (Å²) in [5, 5.41) is 26.6. The van der Waals surface area contributed by atoms with Crippen molar-refractivity contribution in [2.45, 2.75) is 0 Å². The van der Waals surface area contributed by atoms with Crippen LogP contribution in [0, 0.1) is 0 Å². The van der Waals surface area contributed by atoms with Crippen LogP contribution in [0.25, 0.3) is 36.5 Å². The minimum absolute atomic E-state index is 0.792. The van der Waals surface area contributed by atoms with Crippen LogP contribution in [-0.2, 0) is 0 Å². The van der Waals surface area contributed by atoms with Crippen molar-refractivity contribution >= 4 is 87.6 Å². The topological polar surface area (TPSA) is 83.9 Å². The van der Waals surface area contributed by atoms with Gasteiger partial charge in [0.2, 0.25) is 0 Å². The van der Waals surface area contributed by atoms with E-state index in [-0.39, 0.29) is 0 Å². The molecule has 9 nitrogen and oxygen atoms in total. The average Bonchev–Trinajstić information content (AvgIpc) is 3.31. The highest BCUT2D eigenvalue weighted by atomic mass is 15.1. The summed E-state index contributed by atoms with van der Waals surface area (Å²) in [4.78, 5) is 6.18. The van der Waals surface area contributed by atoms with Crippen LogP contribution in [0.15, 0.2) is 194 Å². The Morgan fingerprint density at radius 2 is 0.413 bits per heavy atom. The third-order valence-electron chi connectivity index (χ3n) is 10.0. The lowest BCUT2D eigenvalue weighted by atomic mass is 10.0. The Morgan fingerprint density at radius 1 is 0.238 bits per heavy atom. The van der Waals surface area contributed by atoms with Crippen molar-refractivity contribution in [2.75, 3.05) is 57.0 Å². The molecule has 0 atom stereocenters. The lowest BCUT2D eigenvalue weighted by molar-refractivity contribution is 1.13. The van der Waals surface area contributed by atoms with Gasteiger partial charge in [-0.1, -0.05) is 72.9 Å². The molecule has 0 aliphatic carbocycles. The lowest BCUT2D eigenvalue weighted by Crippen LogP contribution is -2.07. The number of benzene rings is 7. The summed E-state index contributed by atoms with van der Waals surface area (Å²) in [6.45, 7) is 0. The SMILES string of the molecule is CN(C)c1ccc(N=Nc2ccc(/C=C/c3cc(/C=C/c4ccc(N=Nc5ccc(N(C)C)cc5)cc4)cc(/C=C/c4ccc(N=Nc5ccc(N(C)C)cc5)cc4)c3)cc2)cc1. The summed E-state index contributed by atoms with van der Waals surface area (Å²) < 4.78 is 0. The Morgan fingerprint density at radius 3 is 0.603 bits per heavy atom. The number of rotatable bonds is 15. The van der Waals surface area contributed by atoms with E-state index in [1.165, 1.54) is 0 Å². The van der Waals surface area contributed by atoms with Crippen LogP contribution >= 0.6 is 0 Å². The van der Waals surface area contributed by atoms with Gasteiger partial charge in [-0.2, -0.15) is 30.7 Å². The molecule has 7 aromatic carbocycles. The van der Waals surface area contributed by atoms with Crippen LogP contribution in [0.1, 0.15) is 33.4 Å². The molecular weight excluding hydrogens is 775 g/mol. The normalized spacial score (nSPS) is 11.9. The summed E-state index contributed by atoms with van der Waals surface area (Å²) in [5.74, 6) is 0. The maximum atomic E-state index is 4.44. The fourth-order valence-corrected chi connectivity index (χ4v) is 6.32. The Balaban J connectivity index is 1.06. The molecule has 0 saturated heterocycles. The highest BCUT2D eigenvalue weighted by Crippen LogP contribution is 2.26. The van der Waals surface area contributed by atoms with Gasteiger partial charge in [0.1, 0.15) is 0 Å². The Bertz CT molecular complexity index is 2420. The second kappa shape index (κ2) is 21.0. The number of hydrogen-bond donors (Lipinski definition) is 0. The molecule has 0 N–H and O–H groups in total.